The molecule has 1 aromatic heterocycles. The highest BCUT2D eigenvalue weighted by Crippen LogP contribution is 2.26. The minimum atomic E-state index is -0.557. The number of carbonyl (C=O) groups excluding carboxylic acids is 1. The van der Waals surface area contributed by atoms with Crippen LogP contribution in [0.3, 0.4) is 0 Å². The van der Waals surface area contributed by atoms with E-state index in [1.807, 2.05) is 52.0 Å². The van der Waals surface area contributed by atoms with Crippen LogP contribution in [0.1, 0.15) is 37.5 Å². The highest BCUT2D eigenvalue weighted by molar-refractivity contribution is 5.85. The van der Waals surface area contributed by atoms with Gasteiger partial charge in [0.05, 0.1) is 5.52 Å². The summed E-state index contributed by atoms with van der Waals surface area (Å²) in [5.74, 6) is -0.492. The Labute approximate surface area is 162 Å². The second-order valence-corrected chi connectivity index (χ2v) is 7.80. The van der Waals surface area contributed by atoms with Crippen molar-refractivity contribution in [3.63, 3.8) is 0 Å². The van der Waals surface area contributed by atoms with Gasteiger partial charge in [0.1, 0.15) is 5.60 Å². The third kappa shape index (κ3) is 4.54. The maximum Gasteiger partial charge on any atom is 0.417 e. The summed E-state index contributed by atoms with van der Waals surface area (Å²) in [6.07, 6.45) is 0.834. The minimum Gasteiger partial charge on any atom is -0.444 e. The number of oxazole rings is 1. The molecule has 28 heavy (non-hydrogen) atoms. The van der Waals surface area contributed by atoms with E-state index in [-0.39, 0.29) is 0 Å². The van der Waals surface area contributed by atoms with Gasteiger partial charge in [-0.15, -0.1) is 0 Å². The van der Waals surface area contributed by atoms with E-state index in [1.54, 1.807) is 6.07 Å². The Bertz CT molecular complexity index is 1070. The second-order valence-electron chi connectivity index (χ2n) is 7.80. The van der Waals surface area contributed by atoms with E-state index in [0.29, 0.717) is 35.3 Å². The number of amides is 1. The SMILES string of the molecule is Cc1c(N)cc(CCc2cccc(NC(=O)OC(C)(C)C)c2)c2oc(=O)[nH]c12. The first-order chi connectivity index (χ1) is 13.1. The predicted octanol–water partition coefficient (Wildman–Crippen LogP) is 4.14. The number of aromatic nitrogens is 1. The van der Waals surface area contributed by atoms with Crippen molar-refractivity contribution in [3.8, 4) is 0 Å². The molecule has 1 amide bonds. The lowest BCUT2D eigenvalue weighted by atomic mass is 10.0. The first-order valence-corrected chi connectivity index (χ1v) is 9.12. The molecule has 7 heteroatoms. The molecule has 0 spiro atoms. The molecular weight excluding hydrogens is 358 g/mol. The lowest BCUT2D eigenvalue weighted by Crippen LogP contribution is -2.27. The number of fused-ring (bicyclic) bond motifs is 1. The zero-order valence-electron chi connectivity index (χ0n) is 16.5. The van der Waals surface area contributed by atoms with Crippen molar-refractivity contribution in [1.82, 2.24) is 4.98 Å². The van der Waals surface area contributed by atoms with Crippen molar-refractivity contribution in [2.75, 3.05) is 11.1 Å². The van der Waals surface area contributed by atoms with Crippen LogP contribution >= 0.6 is 0 Å². The fourth-order valence-electron chi connectivity index (χ4n) is 3.01. The molecule has 1 heterocycles. The number of aryl methyl sites for hydroxylation is 3. The van der Waals surface area contributed by atoms with Crippen molar-refractivity contribution in [3.05, 3.63) is 57.6 Å². The van der Waals surface area contributed by atoms with Crippen molar-refractivity contribution in [2.45, 2.75) is 46.1 Å². The van der Waals surface area contributed by atoms with Crippen LogP contribution in [-0.2, 0) is 17.6 Å². The molecule has 0 atom stereocenters. The number of aromatic amines is 1. The summed E-state index contributed by atoms with van der Waals surface area (Å²) in [6, 6.07) is 9.39. The molecule has 2 aromatic carbocycles. The Balaban J connectivity index is 1.75. The molecule has 7 nitrogen and oxygen atoms in total. The normalized spacial score (nSPS) is 11.6. The van der Waals surface area contributed by atoms with Gasteiger partial charge >= 0.3 is 11.8 Å². The number of ether oxygens (including phenoxy) is 1. The van der Waals surface area contributed by atoms with Crippen molar-refractivity contribution in [2.24, 2.45) is 0 Å². The average Bonchev–Trinajstić information content (AvgIpc) is 2.97. The number of rotatable bonds is 4. The summed E-state index contributed by atoms with van der Waals surface area (Å²) in [4.78, 5) is 26.2. The van der Waals surface area contributed by atoms with Crippen LogP contribution in [0.25, 0.3) is 11.1 Å². The Kier molecular flexibility index (Phi) is 5.18. The molecule has 0 aliphatic carbocycles. The van der Waals surface area contributed by atoms with Crippen molar-refractivity contribution < 1.29 is 13.9 Å². The summed E-state index contributed by atoms with van der Waals surface area (Å²) in [5, 5.41) is 2.74. The largest absolute Gasteiger partial charge is 0.444 e. The Morgan fingerprint density at radius 1 is 1.25 bits per heavy atom. The minimum absolute atomic E-state index is 0.492. The van der Waals surface area contributed by atoms with Gasteiger partial charge in [0.15, 0.2) is 5.58 Å². The van der Waals surface area contributed by atoms with Crippen LogP contribution in [-0.4, -0.2) is 16.7 Å². The van der Waals surface area contributed by atoms with E-state index < -0.39 is 17.5 Å². The summed E-state index contributed by atoms with van der Waals surface area (Å²) < 4.78 is 10.6. The summed E-state index contributed by atoms with van der Waals surface area (Å²) >= 11 is 0. The highest BCUT2D eigenvalue weighted by Gasteiger charge is 2.16. The van der Waals surface area contributed by atoms with Crippen LogP contribution < -0.4 is 16.8 Å². The smallest absolute Gasteiger partial charge is 0.417 e. The molecule has 0 bridgehead atoms. The van der Waals surface area contributed by atoms with Gasteiger partial charge in [0, 0.05) is 11.4 Å². The van der Waals surface area contributed by atoms with E-state index in [9.17, 15) is 9.59 Å². The van der Waals surface area contributed by atoms with Gasteiger partial charge in [-0.05, 0) is 75.4 Å². The average molecular weight is 383 g/mol. The number of nitrogen functional groups attached to an aromatic ring is 1. The van der Waals surface area contributed by atoms with Gasteiger partial charge in [-0.25, -0.2) is 9.59 Å². The molecule has 0 fully saturated rings. The third-order valence-electron chi connectivity index (χ3n) is 4.33. The van der Waals surface area contributed by atoms with E-state index in [4.69, 9.17) is 14.9 Å². The monoisotopic (exact) mass is 383 g/mol. The zero-order chi connectivity index (χ0) is 20.5. The third-order valence-corrected chi connectivity index (χ3v) is 4.33. The first-order valence-electron chi connectivity index (χ1n) is 9.12. The maximum atomic E-state index is 11.9. The summed E-state index contributed by atoms with van der Waals surface area (Å²) in [6.45, 7) is 7.29. The number of H-pyrrole nitrogens is 1. The fourth-order valence-corrected chi connectivity index (χ4v) is 3.01. The van der Waals surface area contributed by atoms with E-state index >= 15 is 0 Å². The van der Waals surface area contributed by atoms with Crippen LogP contribution in [0, 0.1) is 6.92 Å². The molecule has 0 aliphatic rings. The molecule has 0 aliphatic heterocycles. The Hall–Kier alpha value is -3.22. The van der Waals surface area contributed by atoms with E-state index in [2.05, 4.69) is 10.3 Å². The molecule has 4 N–H and O–H groups in total. The predicted molar refractivity (Wildman–Crippen MR) is 110 cm³/mol. The van der Waals surface area contributed by atoms with Gasteiger partial charge in [-0.3, -0.25) is 10.3 Å². The summed E-state index contributed by atoms with van der Waals surface area (Å²) in [5.41, 5.74) is 10.7. The van der Waals surface area contributed by atoms with Crippen LogP contribution in [0.2, 0.25) is 0 Å². The van der Waals surface area contributed by atoms with Crippen LogP contribution in [0.15, 0.2) is 39.5 Å². The van der Waals surface area contributed by atoms with E-state index in [1.165, 1.54) is 0 Å². The molecular formula is C21H25N3O4. The molecule has 3 aromatic rings. The summed E-state index contributed by atoms with van der Waals surface area (Å²) in [7, 11) is 0. The van der Waals surface area contributed by atoms with E-state index in [0.717, 1.165) is 16.7 Å². The number of benzene rings is 2. The number of nitrogens with one attached hydrogen (secondary N) is 2. The molecule has 3 rings (SSSR count). The lowest BCUT2D eigenvalue weighted by Gasteiger charge is -2.19. The van der Waals surface area contributed by atoms with Gasteiger partial charge in [-0.2, -0.15) is 0 Å². The maximum absolute atomic E-state index is 11.9. The Morgan fingerprint density at radius 3 is 2.71 bits per heavy atom. The molecule has 0 saturated heterocycles. The standard InChI is InChI=1S/C21H25N3O4/c1-12-16(22)11-14(18-17(12)24-19(25)27-18)9-8-13-6-5-7-15(10-13)23-20(26)28-21(2,3)4/h5-7,10-11H,8-9,22H2,1-4H3,(H,23,26)(H,24,25). The molecule has 0 unspecified atom stereocenters. The number of carbonyl (C=O) groups is 1. The van der Waals surface area contributed by atoms with Gasteiger partial charge < -0.3 is 14.9 Å². The van der Waals surface area contributed by atoms with Gasteiger partial charge in [0.25, 0.3) is 0 Å². The van der Waals surface area contributed by atoms with Crippen molar-refractivity contribution in [1.29, 1.82) is 0 Å². The number of hydrogen-bond donors (Lipinski definition) is 3. The number of anilines is 2. The molecule has 148 valence electrons. The topological polar surface area (TPSA) is 110 Å². The second kappa shape index (κ2) is 7.42. The van der Waals surface area contributed by atoms with Crippen LogP contribution in [0.4, 0.5) is 16.2 Å². The zero-order valence-corrected chi connectivity index (χ0v) is 16.5. The van der Waals surface area contributed by atoms with Crippen molar-refractivity contribution >= 4 is 28.6 Å². The van der Waals surface area contributed by atoms with Crippen LogP contribution in [0.5, 0.6) is 0 Å². The lowest BCUT2D eigenvalue weighted by molar-refractivity contribution is 0.0636. The number of hydrogen-bond acceptors (Lipinski definition) is 5. The first kappa shape index (κ1) is 19.5. The Morgan fingerprint density at radius 2 is 2.00 bits per heavy atom. The molecule has 0 saturated carbocycles. The van der Waals surface area contributed by atoms with Gasteiger partial charge in [-0.1, -0.05) is 12.1 Å². The quantitative estimate of drug-likeness (QED) is 0.586. The molecule has 0 radical (unpaired) electrons. The number of nitrogens with two attached hydrogens (primary N) is 1. The highest BCUT2D eigenvalue weighted by atomic mass is 16.6. The fraction of sp³-hybridized carbons (Fsp3) is 0.333. The van der Waals surface area contributed by atoms with Gasteiger partial charge in [0.2, 0.25) is 0 Å².